The monoisotopic (exact) mass is 553 g/mol. The SMILES string of the molecule is c1ccc(-c2ccccc2N(c2cccc(-c3cccc4ccccc34)c2)c2ccc3sc4ccccc4c3c2)cc1. The zero-order chi connectivity index (χ0) is 27.9. The number of para-hydroxylation sites is 1. The van der Waals surface area contributed by atoms with Crippen LogP contribution in [0.4, 0.5) is 17.1 Å². The van der Waals surface area contributed by atoms with E-state index in [0.29, 0.717) is 0 Å². The van der Waals surface area contributed by atoms with E-state index in [9.17, 15) is 0 Å². The molecule has 0 aliphatic heterocycles. The van der Waals surface area contributed by atoms with Crippen molar-refractivity contribution >= 4 is 59.3 Å². The van der Waals surface area contributed by atoms with Crippen molar-refractivity contribution in [3.05, 3.63) is 164 Å². The Morgan fingerprint density at radius 2 is 1.02 bits per heavy atom. The van der Waals surface area contributed by atoms with Gasteiger partial charge in [-0.05, 0) is 69.9 Å². The number of hydrogen-bond donors (Lipinski definition) is 0. The molecule has 0 aliphatic carbocycles. The fourth-order valence-corrected chi connectivity index (χ4v) is 7.19. The Kier molecular flexibility index (Phi) is 6.05. The van der Waals surface area contributed by atoms with Crippen molar-refractivity contribution < 1.29 is 0 Å². The Balaban J connectivity index is 1.37. The van der Waals surface area contributed by atoms with Gasteiger partial charge in [-0.3, -0.25) is 0 Å². The van der Waals surface area contributed by atoms with Crippen molar-refractivity contribution in [2.75, 3.05) is 4.90 Å². The molecule has 198 valence electrons. The lowest BCUT2D eigenvalue weighted by Crippen LogP contribution is -2.11. The summed E-state index contributed by atoms with van der Waals surface area (Å²) in [5.74, 6) is 0. The van der Waals surface area contributed by atoms with Gasteiger partial charge in [0.05, 0.1) is 5.69 Å². The van der Waals surface area contributed by atoms with Gasteiger partial charge in [0, 0.05) is 37.1 Å². The zero-order valence-electron chi connectivity index (χ0n) is 22.9. The highest BCUT2D eigenvalue weighted by atomic mass is 32.1. The molecular weight excluding hydrogens is 527 g/mol. The number of benzene rings is 7. The Hall–Kier alpha value is -5.18. The summed E-state index contributed by atoms with van der Waals surface area (Å²) in [6, 6.07) is 59.2. The van der Waals surface area contributed by atoms with Crippen LogP contribution in [-0.4, -0.2) is 0 Å². The highest BCUT2D eigenvalue weighted by Gasteiger charge is 2.19. The quantitative estimate of drug-likeness (QED) is 0.205. The van der Waals surface area contributed by atoms with Gasteiger partial charge in [-0.2, -0.15) is 0 Å². The van der Waals surface area contributed by atoms with Gasteiger partial charge >= 0.3 is 0 Å². The fraction of sp³-hybridized carbons (Fsp3) is 0. The minimum absolute atomic E-state index is 1.13. The molecule has 1 aromatic heterocycles. The first-order chi connectivity index (χ1) is 20.8. The summed E-state index contributed by atoms with van der Waals surface area (Å²) in [7, 11) is 0. The second kappa shape index (κ2) is 10.3. The molecule has 0 spiro atoms. The number of fused-ring (bicyclic) bond motifs is 4. The first-order valence-corrected chi connectivity index (χ1v) is 15.1. The Labute approximate surface area is 249 Å². The summed E-state index contributed by atoms with van der Waals surface area (Å²) < 4.78 is 2.62. The number of nitrogens with zero attached hydrogens (tertiary/aromatic N) is 1. The maximum absolute atomic E-state index is 2.42. The van der Waals surface area contributed by atoms with E-state index in [0.717, 1.165) is 17.1 Å². The van der Waals surface area contributed by atoms with Crippen LogP contribution in [0.15, 0.2) is 164 Å². The summed E-state index contributed by atoms with van der Waals surface area (Å²) in [5, 5.41) is 5.11. The molecule has 0 saturated carbocycles. The highest BCUT2D eigenvalue weighted by molar-refractivity contribution is 7.25. The van der Waals surface area contributed by atoms with Gasteiger partial charge in [-0.25, -0.2) is 0 Å². The van der Waals surface area contributed by atoms with Gasteiger partial charge in [0.1, 0.15) is 0 Å². The lowest BCUT2D eigenvalue weighted by Gasteiger charge is -2.28. The van der Waals surface area contributed by atoms with E-state index in [1.54, 1.807) is 0 Å². The van der Waals surface area contributed by atoms with E-state index in [-0.39, 0.29) is 0 Å². The molecule has 8 aromatic rings. The number of rotatable bonds is 5. The van der Waals surface area contributed by atoms with Crippen LogP contribution in [0.5, 0.6) is 0 Å². The Bertz CT molecular complexity index is 2200. The van der Waals surface area contributed by atoms with E-state index >= 15 is 0 Å². The van der Waals surface area contributed by atoms with Crippen LogP contribution in [0.2, 0.25) is 0 Å². The van der Waals surface area contributed by atoms with E-state index in [2.05, 4.69) is 169 Å². The van der Waals surface area contributed by atoms with Crippen molar-refractivity contribution in [2.24, 2.45) is 0 Å². The maximum Gasteiger partial charge on any atom is 0.0540 e. The lowest BCUT2D eigenvalue weighted by atomic mass is 9.97. The van der Waals surface area contributed by atoms with Crippen molar-refractivity contribution in [3.8, 4) is 22.3 Å². The molecule has 1 nitrogen and oxygen atoms in total. The van der Waals surface area contributed by atoms with Gasteiger partial charge in [-0.15, -0.1) is 11.3 Å². The van der Waals surface area contributed by atoms with Crippen LogP contribution in [0, 0.1) is 0 Å². The van der Waals surface area contributed by atoms with Crippen LogP contribution in [0.1, 0.15) is 0 Å². The van der Waals surface area contributed by atoms with Gasteiger partial charge in [0.25, 0.3) is 0 Å². The average molecular weight is 554 g/mol. The average Bonchev–Trinajstić information content (AvgIpc) is 3.44. The number of anilines is 3. The number of thiophene rings is 1. The molecule has 8 rings (SSSR count). The molecule has 42 heavy (non-hydrogen) atoms. The molecule has 2 heteroatoms. The molecular formula is C40H27NS. The summed E-state index contributed by atoms with van der Waals surface area (Å²) in [6.45, 7) is 0. The minimum Gasteiger partial charge on any atom is -0.310 e. The standard InChI is InChI=1S/C40H27NS/c1-2-12-29(13-3-1)35-19-6-8-22-38(35)41(32-24-25-40-37(27-32)36-20-7-9-23-39(36)42-40)31-17-10-16-30(26-31)34-21-11-15-28-14-4-5-18-33(28)34/h1-27H. The second-order valence-electron chi connectivity index (χ2n) is 10.6. The third-order valence-electron chi connectivity index (χ3n) is 8.05. The Morgan fingerprint density at radius 3 is 1.95 bits per heavy atom. The third kappa shape index (κ3) is 4.25. The first kappa shape index (κ1) is 24.6. The molecule has 0 amide bonds. The molecule has 0 radical (unpaired) electrons. The topological polar surface area (TPSA) is 3.24 Å². The van der Waals surface area contributed by atoms with Crippen LogP contribution in [0.25, 0.3) is 53.2 Å². The normalized spacial score (nSPS) is 11.3. The van der Waals surface area contributed by atoms with E-state index in [1.165, 1.54) is 53.2 Å². The van der Waals surface area contributed by atoms with Crippen LogP contribution >= 0.6 is 11.3 Å². The van der Waals surface area contributed by atoms with Crippen molar-refractivity contribution in [1.82, 2.24) is 0 Å². The lowest BCUT2D eigenvalue weighted by molar-refractivity contribution is 1.29. The van der Waals surface area contributed by atoms with E-state index in [4.69, 9.17) is 0 Å². The summed E-state index contributed by atoms with van der Waals surface area (Å²) in [4.78, 5) is 2.42. The zero-order valence-corrected chi connectivity index (χ0v) is 23.8. The fourth-order valence-electron chi connectivity index (χ4n) is 6.10. The first-order valence-electron chi connectivity index (χ1n) is 14.3. The third-order valence-corrected chi connectivity index (χ3v) is 9.21. The predicted octanol–water partition coefficient (Wildman–Crippen LogP) is 12.0. The van der Waals surface area contributed by atoms with Crippen molar-refractivity contribution in [2.45, 2.75) is 0 Å². The minimum atomic E-state index is 1.13. The predicted molar refractivity (Wildman–Crippen MR) is 182 cm³/mol. The van der Waals surface area contributed by atoms with Gasteiger partial charge in [0.15, 0.2) is 0 Å². The molecule has 0 atom stereocenters. The van der Waals surface area contributed by atoms with E-state index in [1.807, 2.05) is 11.3 Å². The van der Waals surface area contributed by atoms with Gasteiger partial charge < -0.3 is 4.90 Å². The summed E-state index contributed by atoms with van der Waals surface area (Å²) >= 11 is 1.86. The highest BCUT2D eigenvalue weighted by Crippen LogP contribution is 2.44. The van der Waals surface area contributed by atoms with Gasteiger partial charge in [0.2, 0.25) is 0 Å². The smallest absolute Gasteiger partial charge is 0.0540 e. The number of hydrogen-bond acceptors (Lipinski definition) is 2. The van der Waals surface area contributed by atoms with Crippen molar-refractivity contribution in [3.63, 3.8) is 0 Å². The maximum atomic E-state index is 2.42. The molecule has 1 heterocycles. The van der Waals surface area contributed by atoms with Crippen LogP contribution in [0.3, 0.4) is 0 Å². The Morgan fingerprint density at radius 1 is 0.381 bits per heavy atom. The molecule has 7 aromatic carbocycles. The summed E-state index contributed by atoms with van der Waals surface area (Å²) in [6.07, 6.45) is 0. The molecule has 0 bridgehead atoms. The molecule has 0 unspecified atom stereocenters. The molecule has 0 saturated heterocycles. The second-order valence-corrected chi connectivity index (χ2v) is 11.7. The summed E-state index contributed by atoms with van der Waals surface area (Å²) in [5.41, 5.74) is 8.26. The van der Waals surface area contributed by atoms with E-state index < -0.39 is 0 Å². The molecule has 0 aliphatic rings. The van der Waals surface area contributed by atoms with Crippen molar-refractivity contribution in [1.29, 1.82) is 0 Å². The van der Waals surface area contributed by atoms with Crippen LogP contribution < -0.4 is 4.90 Å². The molecule has 0 fully saturated rings. The van der Waals surface area contributed by atoms with Crippen LogP contribution in [-0.2, 0) is 0 Å². The largest absolute Gasteiger partial charge is 0.310 e. The molecule has 0 N–H and O–H groups in total. The van der Waals surface area contributed by atoms with Gasteiger partial charge in [-0.1, -0.05) is 121 Å².